The Hall–Kier alpha value is -1.78. The number of aromatic nitrogens is 2. The number of halogens is 2. The molecule has 0 unspecified atom stereocenters. The van der Waals surface area contributed by atoms with E-state index in [1.807, 2.05) is 12.1 Å². The van der Waals surface area contributed by atoms with E-state index < -0.39 is 0 Å². The van der Waals surface area contributed by atoms with Gasteiger partial charge < -0.3 is 9.15 Å². The van der Waals surface area contributed by atoms with Crippen molar-refractivity contribution in [2.75, 3.05) is 0 Å². The predicted molar refractivity (Wildman–Crippen MR) is 72.9 cm³/mol. The van der Waals surface area contributed by atoms with Crippen molar-refractivity contribution in [1.29, 1.82) is 0 Å². The van der Waals surface area contributed by atoms with E-state index in [2.05, 4.69) is 9.97 Å². The van der Waals surface area contributed by atoms with Gasteiger partial charge in [-0.1, -0.05) is 11.6 Å². The van der Waals surface area contributed by atoms with E-state index in [9.17, 15) is 0 Å². The largest absolute Gasteiger partial charge is 0.417 e. The minimum absolute atomic E-state index is 0.130. The summed E-state index contributed by atoms with van der Waals surface area (Å²) in [5.74, 6) is 0.801. The van der Waals surface area contributed by atoms with Gasteiger partial charge in [-0.2, -0.15) is 4.98 Å². The first-order chi connectivity index (χ1) is 9.28. The Bertz CT molecular complexity index is 727. The van der Waals surface area contributed by atoms with Crippen LogP contribution < -0.4 is 4.74 Å². The molecule has 96 valence electrons. The summed E-state index contributed by atoms with van der Waals surface area (Å²) in [7, 11) is 0. The summed E-state index contributed by atoms with van der Waals surface area (Å²) in [6.45, 7) is 0. The molecule has 0 saturated carbocycles. The Labute approximate surface area is 118 Å². The molecule has 3 aromatic rings. The quantitative estimate of drug-likeness (QED) is 0.672. The van der Waals surface area contributed by atoms with E-state index >= 15 is 0 Å². The highest BCUT2D eigenvalue weighted by Crippen LogP contribution is 2.32. The van der Waals surface area contributed by atoms with Crippen molar-refractivity contribution < 1.29 is 9.15 Å². The molecule has 0 radical (unpaired) electrons. The van der Waals surface area contributed by atoms with E-state index in [-0.39, 0.29) is 12.0 Å². The number of benzene rings is 1. The smallest absolute Gasteiger partial charge is 0.399 e. The first-order valence-corrected chi connectivity index (χ1v) is 6.40. The van der Waals surface area contributed by atoms with Gasteiger partial charge in [0, 0.05) is 11.6 Å². The van der Waals surface area contributed by atoms with E-state index in [0.717, 1.165) is 5.39 Å². The Kier molecular flexibility index (Phi) is 3.27. The van der Waals surface area contributed by atoms with Crippen molar-refractivity contribution in [3.8, 4) is 11.8 Å². The minimum atomic E-state index is 0.130. The third-order valence-electron chi connectivity index (χ3n) is 2.54. The number of alkyl halides is 1. The molecule has 0 saturated heterocycles. The van der Waals surface area contributed by atoms with Crippen LogP contribution in [0.3, 0.4) is 0 Å². The molecular weight excluding hydrogens is 287 g/mol. The number of hydrogen-bond acceptors (Lipinski definition) is 4. The van der Waals surface area contributed by atoms with Crippen LogP contribution in [-0.2, 0) is 5.88 Å². The highest BCUT2D eigenvalue weighted by Gasteiger charge is 2.11. The molecule has 0 aliphatic heterocycles. The van der Waals surface area contributed by atoms with E-state index in [1.165, 1.54) is 6.26 Å². The van der Waals surface area contributed by atoms with Gasteiger partial charge >= 0.3 is 6.08 Å². The predicted octanol–water partition coefficient (Wildman–Crippen LogP) is 4.41. The van der Waals surface area contributed by atoms with Gasteiger partial charge in [-0.15, -0.1) is 11.6 Å². The summed E-state index contributed by atoms with van der Waals surface area (Å²) in [5, 5.41) is 1.43. The maximum atomic E-state index is 6.11. The van der Waals surface area contributed by atoms with Gasteiger partial charge in [0.2, 0.25) is 0 Å². The summed E-state index contributed by atoms with van der Waals surface area (Å²) < 4.78 is 10.7. The monoisotopic (exact) mass is 294 g/mol. The Morgan fingerprint density at radius 1 is 1.26 bits per heavy atom. The summed E-state index contributed by atoms with van der Waals surface area (Å²) in [6, 6.07) is 7.15. The average Bonchev–Trinajstić information content (AvgIpc) is 2.90. The highest BCUT2D eigenvalue weighted by molar-refractivity contribution is 6.35. The second-order valence-corrected chi connectivity index (χ2v) is 4.46. The SMILES string of the molecule is ClCc1coc(Oc2ccc(Cl)c3cccnc23)n1. The Morgan fingerprint density at radius 2 is 2.16 bits per heavy atom. The zero-order valence-corrected chi connectivity index (χ0v) is 11.1. The molecule has 4 nitrogen and oxygen atoms in total. The topological polar surface area (TPSA) is 48.2 Å². The van der Waals surface area contributed by atoms with E-state index in [4.69, 9.17) is 32.4 Å². The molecule has 0 aliphatic rings. The van der Waals surface area contributed by atoms with Crippen molar-refractivity contribution >= 4 is 34.1 Å². The molecule has 0 bridgehead atoms. The number of hydrogen-bond donors (Lipinski definition) is 0. The number of nitrogens with zero attached hydrogens (tertiary/aromatic N) is 2. The molecule has 1 aromatic carbocycles. The van der Waals surface area contributed by atoms with Gasteiger partial charge in [-0.3, -0.25) is 4.98 Å². The first-order valence-electron chi connectivity index (χ1n) is 5.49. The van der Waals surface area contributed by atoms with Crippen molar-refractivity contribution in [2.45, 2.75) is 5.88 Å². The molecule has 3 rings (SSSR count). The minimum Gasteiger partial charge on any atom is -0.417 e. The van der Waals surface area contributed by atoms with Gasteiger partial charge in [0.1, 0.15) is 11.8 Å². The number of oxazole rings is 1. The van der Waals surface area contributed by atoms with Crippen LogP contribution in [0.25, 0.3) is 10.9 Å². The molecular formula is C13H8Cl2N2O2. The maximum absolute atomic E-state index is 6.11. The lowest BCUT2D eigenvalue weighted by Gasteiger charge is -2.05. The molecule has 0 aliphatic carbocycles. The number of ether oxygens (including phenoxy) is 1. The van der Waals surface area contributed by atoms with Gasteiger partial charge in [-0.25, -0.2) is 0 Å². The summed E-state index contributed by atoms with van der Waals surface area (Å²) >= 11 is 11.8. The number of rotatable bonds is 3. The van der Waals surface area contributed by atoms with Crippen LogP contribution in [0.1, 0.15) is 5.69 Å². The van der Waals surface area contributed by atoms with Crippen LogP contribution in [0.5, 0.6) is 11.8 Å². The third-order valence-corrected chi connectivity index (χ3v) is 3.15. The fourth-order valence-corrected chi connectivity index (χ4v) is 2.02. The molecule has 2 aromatic heterocycles. The fraction of sp³-hybridized carbons (Fsp3) is 0.0769. The van der Waals surface area contributed by atoms with Crippen LogP contribution in [0.4, 0.5) is 0 Å². The van der Waals surface area contributed by atoms with Crippen LogP contribution in [-0.4, -0.2) is 9.97 Å². The van der Waals surface area contributed by atoms with Crippen LogP contribution in [0, 0.1) is 0 Å². The average molecular weight is 295 g/mol. The molecule has 0 spiro atoms. The van der Waals surface area contributed by atoms with E-state index in [1.54, 1.807) is 18.3 Å². The normalized spacial score (nSPS) is 10.8. The summed E-state index contributed by atoms with van der Waals surface area (Å²) in [6.07, 6.45) is 3.25. The Balaban J connectivity index is 2.03. The number of pyridine rings is 1. The molecule has 6 heteroatoms. The van der Waals surface area contributed by atoms with E-state index in [0.29, 0.717) is 22.0 Å². The summed E-state index contributed by atoms with van der Waals surface area (Å²) in [4.78, 5) is 8.33. The van der Waals surface area contributed by atoms with Crippen LogP contribution in [0.2, 0.25) is 5.02 Å². The molecule has 0 N–H and O–H groups in total. The second kappa shape index (κ2) is 5.07. The summed E-state index contributed by atoms with van der Waals surface area (Å²) in [5.41, 5.74) is 1.27. The van der Waals surface area contributed by atoms with Crippen molar-refractivity contribution in [3.63, 3.8) is 0 Å². The van der Waals surface area contributed by atoms with Crippen molar-refractivity contribution in [1.82, 2.24) is 9.97 Å². The third kappa shape index (κ3) is 2.37. The molecule has 2 heterocycles. The zero-order valence-electron chi connectivity index (χ0n) is 9.64. The van der Waals surface area contributed by atoms with Gasteiger partial charge in [0.25, 0.3) is 0 Å². The fourth-order valence-electron chi connectivity index (χ4n) is 1.69. The maximum Gasteiger partial charge on any atom is 0.399 e. The van der Waals surface area contributed by atoms with Crippen molar-refractivity contribution in [2.24, 2.45) is 0 Å². The van der Waals surface area contributed by atoms with Crippen LogP contribution in [0.15, 0.2) is 41.1 Å². The van der Waals surface area contributed by atoms with Gasteiger partial charge in [0.05, 0.1) is 16.6 Å². The highest BCUT2D eigenvalue weighted by atomic mass is 35.5. The lowest BCUT2D eigenvalue weighted by atomic mass is 10.2. The van der Waals surface area contributed by atoms with Gasteiger partial charge in [0.15, 0.2) is 5.75 Å². The standard InChI is InChI=1S/C13H8Cl2N2O2/c14-6-8-7-18-13(17-8)19-11-4-3-10(15)9-2-1-5-16-12(9)11/h1-5,7H,6H2. The Morgan fingerprint density at radius 3 is 2.95 bits per heavy atom. The second-order valence-electron chi connectivity index (χ2n) is 3.79. The van der Waals surface area contributed by atoms with Crippen LogP contribution >= 0.6 is 23.2 Å². The molecule has 0 atom stereocenters. The zero-order chi connectivity index (χ0) is 13.2. The first kappa shape index (κ1) is 12.3. The molecule has 0 fully saturated rings. The number of fused-ring (bicyclic) bond motifs is 1. The molecule has 0 amide bonds. The lowest BCUT2D eigenvalue weighted by molar-refractivity contribution is 0.333. The lowest BCUT2D eigenvalue weighted by Crippen LogP contribution is -1.89. The van der Waals surface area contributed by atoms with Gasteiger partial charge in [-0.05, 0) is 24.3 Å². The molecule has 19 heavy (non-hydrogen) atoms. The van der Waals surface area contributed by atoms with Crippen molar-refractivity contribution in [3.05, 3.63) is 47.4 Å².